The van der Waals surface area contributed by atoms with E-state index in [1.165, 1.54) is 0 Å². The number of amides is 2. The Bertz CT molecular complexity index is 326. The summed E-state index contributed by atoms with van der Waals surface area (Å²) in [6.07, 6.45) is 2.66. The molecule has 0 aromatic heterocycles. The van der Waals surface area contributed by atoms with Crippen molar-refractivity contribution in [3.8, 4) is 0 Å². The van der Waals surface area contributed by atoms with Gasteiger partial charge in [-0.2, -0.15) is 0 Å². The van der Waals surface area contributed by atoms with E-state index in [4.69, 9.17) is 0 Å². The molecule has 4 nitrogen and oxygen atoms in total. The molecule has 4 heteroatoms. The average Bonchev–Trinajstić information content (AvgIpc) is 2.30. The lowest BCUT2D eigenvalue weighted by molar-refractivity contribution is -0.154. The van der Waals surface area contributed by atoms with Crippen LogP contribution in [0.1, 0.15) is 53.9 Å². The van der Waals surface area contributed by atoms with Gasteiger partial charge >= 0.3 is 0 Å². The SMILES string of the molecule is CCCC1C(=O)NC(C)(C)C(=O)N1CC(C)CC. The van der Waals surface area contributed by atoms with Gasteiger partial charge in [0.1, 0.15) is 11.6 Å². The van der Waals surface area contributed by atoms with Crippen molar-refractivity contribution in [2.75, 3.05) is 6.54 Å². The minimum Gasteiger partial charge on any atom is -0.340 e. The fraction of sp³-hybridized carbons (Fsp3) is 0.857. The zero-order valence-electron chi connectivity index (χ0n) is 12.2. The molecule has 0 aliphatic carbocycles. The van der Waals surface area contributed by atoms with E-state index in [2.05, 4.69) is 19.2 Å². The van der Waals surface area contributed by atoms with Crippen molar-refractivity contribution in [1.82, 2.24) is 10.2 Å². The lowest BCUT2D eigenvalue weighted by Crippen LogP contribution is -2.68. The molecule has 104 valence electrons. The molecule has 0 aromatic carbocycles. The molecule has 0 aromatic rings. The summed E-state index contributed by atoms with van der Waals surface area (Å²) in [6.45, 7) is 10.5. The number of nitrogens with one attached hydrogen (secondary N) is 1. The highest BCUT2D eigenvalue weighted by molar-refractivity contribution is 5.99. The first-order chi connectivity index (χ1) is 8.33. The van der Waals surface area contributed by atoms with Crippen LogP contribution in [0.3, 0.4) is 0 Å². The first-order valence-electron chi connectivity index (χ1n) is 6.96. The van der Waals surface area contributed by atoms with Crippen LogP contribution in [0.25, 0.3) is 0 Å². The van der Waals surface area contributed by atoms with Crippen LogP contribution in [0.5, 0.6) is 0 Å². The Kier molecular flexibility index (Phi) is 4.77. The average molecular weight is 254 g/mol. The predicted octanol–water partition coefficient (Wildman–Crippen LogP) is 1.94. The minimum absolute atomic E-state index is 0.00949. The topological polar surface area (TPSA) is 49.4 Å². The van der Waals surface area contributed by atoms with E-state index >= 15 is 0 Å². The summed E-state index contributed by atoms with van der Waals surface area (Å²) < 4.78 is 0. The second-order valence-electron chi connectivity index (χ2n) is 5.89. The van der Waals surface area contributed by atoms with Gasteiger partial charge in [0, 0.05) is 6.54 Å². The standard InChI is InChI=1S/C14H26N2O2/c1-6-8-11-12(17)15-14(4,5)13(18)16(11)9-10(3)7-2/h10-11H,6-9H2,1-5H3,(H,15,17). The van der Waals surface area contributed by atoms with Gasteiger partial charge in [-0.3, -0.25) is 9.59 Å². The Hall–Kier alpha value is -1.06. The third-order valence-corrected chi connectivity index (χ3v) is 3.68. The van der Waals surface area contributed by atoms with E-state index in [9.17, 15) is 9.59 Å². The van der Waals surface area contributed by atoms with Gasteiger partial charge in [-0.15, -0.1) is 0 Å². The molecule has 2 amide bonds. The summed E-state index contributed by atoms with van der Waals surface area (Å²) in [6, 6.07) is -0.287. The Labute approximate surface area is 110 Å². The summed E-state index contributed by atoms with van der Waals surface area (Å²) in [4.78, 5) is 26.3. The highest BCUT2D eigenvalue weighted by Gasteiger charge is 2.44. The van der Waals surface area contributed by atoms with Crippen molar-refractivity contribution in [3.63, 3.8) is 0 Å². The summed E-state index contributed by atoms with van der Waals surface area (Å²) in [7, 11) is 0. The van der Waals surface area contributed by atoms with E-state index in [1.54, 1.807) is 18.7 Å². The molecule has 1 fully saturated rings. The van der Waals surface area contributed by atoms with Gasteiger partial charge < -0.3 is 10.2 Å². The largest absolute Gasteiger partial charge is 0.340 e. The zero-order valence-corrected chi connectivity index (χ0v) is 12.2. The molecular formula is C14H26N2O2. The van der Waals surface area contributed by atoms with Crippen molar-refractivity contribution >= 4 is 11.8 Å². The molecule has 1 rings (SSSR count). The van der Waals surface area contributed by atoms with E-state index in [0.29, 0.717) is 12.5 Å². The smallest absolute Gasteiger partial charge is 0.248 e. The molecule has 1 saturated heterocycles. The number of hydrogen-bond donors (Lipinski definition) is 1. The lowest BCUT2D eigenvalue weighted by Gasteiger charge is -2.43. The fourth-order valence-corrected chi connectivity index (χ4v) is 2.32. The number of carbonyl (C=O) groups is 2. The number of piperazine rings is 1. The molecule has 1 aliphatic heterocycles. The van der Waals surface area contributed by atoms with Crippen molar-refractivity contribution in [2.45, 2.75) is 65.5 Å². The fourth-order valence-electron chi connectivity index (χ4n) is 2.32. The molecule has 0 spiro atoms. The first-order valence-corrected chi connectivity index (χ1v) is 6.96. The van der Waals surface area contributed by atoms with E-state index < -0.39 is 5.54 Å². The Morgan fingerprint density at radius 3 is 2.44 bits per heavy atom. The van der Waals surface area contributed by atoms with Crippen molar-refractivity contribution in [1.29, 1.82) is 0 Å². The number of carbonyl (C=O) groups excluding carboxylic acids is 2. The number of hydrogen-bond acceptors (Lipinski definition) is 2. The van der Waals surface area contributed by atoms with Crippen LogP contribution in [0.4, 0.5) is 0 Å². The Morgan fingerprint density at radius 2 is 1.94 bits per heavy atom. The quantitative estimate of drug-likeness (QED) is 0.815. The second kappa shape index (κ2) is 5.72. The van der Waals surface area contributed by atoms with Crippen LogP contribution in [-0.2, 0) is 9.59 Å². The molecule has 18 heavy (non-hydrogen) atoms. The maximum Gasteiger partial charge on any atom is 0.248 e. The monoisotopic (exact) mass is 254 g/mol. The van der Waals surface area contributed by atoms with Crippen molar-refractivity contribution in [2.24, 2.45) is 5.92 Å². The van der Waals surface area contributed by atoms with Crippen LogP contribution in [0.15, 0.2) is 0 Å². The van der Waals surface area contributed by atoms with Gasteiger partial charge in [-0.05, 0) is 26.2 Å². The van der Waals surface area contributed by atoms with Gasteiger partial charge in [-0.25, -0.2) is 0 Å². The summed E-state index contributed by atoms with van der Waals surface area (Å²) in [5, 5.41) is 2.83. The molecular weight excluding hydrogens is 228 g/mol. The maximum atomic E-state index is 12.4. The molecule has 0 saturated carbocycles. The molecule has 0 radical (unpaired) electrons. The molecule has 0 bridgehead atoms. The van der Waals surface area contributed by atoms with E-state index in [0.717, 1.165) is 19.3 Å². The molecule has 1 aliphatic rings. The predicted molar refractivity (Wildman–Crippen MR) is 72.1 cm³/mol. The number of nitrogens with zero attached hydrogens (tertiary/aromatic N) is 1. The van der Waals surface area contributed by atoms with Crippen molar-refractivity contribution in [3.05, 3.63) is 0 Å². The molecule has 2 unspecified atom stereocenters. The summed E-state index contributed by atoms with van der Waals surface area (Å²) in [5.74, 6) is 0.459. The van der Waals surface area contributed by atoms with Crippen molar-refractivity contribution < 1.29 is 9.59 Å². The van der Waals surface area contributed by atoms with Gasteiger partial charge in [0.15, 0.2) is 0 Å². The van der Waals surface area contributed by atoms with Crippen LogP contribution in [0.2, 0.25) is 0 Å². The van der Waals surface area contributed by atoms with Crippen LogP contribution < -0.4 is 5.32 Å². The van der Waals surface area contributed by atoms with Crippen LogP contribution in [-0.4, -0.2) is 34.8 Å². The van der Waals surface area contributed by atoms with Gasteiger partial charge in [0.25, 0.3) is 0 Å². The minimum atomic E-state index is -0.769. The van der Waals surface area contributed by atoms with E-state index in [1.807, 2.05) is 6.92 Å². The molecule has 1 N–H and O–H groups in total. The van der Waals surface area contributed by atoms with Crippen LogP contribution >= 0.6 is 0 Å². The van der Waals surface area contributed by atoms with E-state index in [-0.39, 0.29) is 17.9 Å². The maximum absolute atomic E-state index is 12.4. The number of rotatable bonds is 5. The molecule has 1 heterocycles. The van der Waals surface area contributed by atoms with Gasteiger partial charge in [0.2, 0.25) is 11.8 Å². The summed E-state index contributed by atoms with van der Waals surface area (Å²) >= 11 is 0. The second-order valence-corrected chi connectivity index (χ2v) is 5.89. The zero-order chi connectivity index (χ0) is 13.9. The first kappa shape index (κ1) is 15.0. The Morgan fingerprint density at radius 1 is 1.33 bits per heavy atom. The Balaban J connectivity index is 2.94. The van der Waals surface area contributed by atoms with Gasteiger partial charge in [-0.1, -0.05) is 33.6 Å². The third-order valence-electron chi connectivity index (χ3n) is 3.68. The molecule has 2 atom stereocenters. The highest BCUT2D eigenvalue weighted by Crippen LogP contribution is 2.22. The lowest BCUT2D eigenvalue weighted by atomic mass is 9.93. The highest BCUT2D eigenvalue weighted by atomic mass is 16.2. The van der Waals surface area contributed by atoms with Gasteiger partial charge in [0.05, 0.1) is 0 Å². The summed E-state index contributed by atoms with van der Waals surface area (Å²) in [5.41, 5.74) is -0.769. The van der Waals surface area contributed by atoms with Crippen LogP contribution in [0, 0.1) is 5.92 Å². The third kappa shape index (κ3) is 3.03. The normalized spacial score (nSPS) is 24.9.